The third kappa shape index (κ3) is 4.96. The molecular weight excluding hydrogens is 689 g/mol. The Bertz CT molecular complexity index is 3530. The monoisotopic (exact) mass is 722 g/mol. The van der Waals surface area contributed by atoms with Crippen LogP contribution in [0.4, 0.5) is 0 Å². The molecule has 1 heteroatoms. The van der Waals surface area contributed by atoms with E-state index in [4.69, 9.17) is 4.42 Å². The van der Waals surface area contributed by atoms with Crippen LogP contribution in [0.25, 0.3) is 120 Å². The molecule has 0 unspecified atom stereocenters. The van der Waals surface area contributed by atoms with Crippen molar-refractivity contribution in [3.63, 3.8) is 0 Å². The van der Waals surface area contributed by atoms with Gasteiger partial charge in [-0.2, -0.15) is 0 Å². The van der Waals surface area contributed by atoms with Crippen molar-refractivity contribution < 1.29 is 4.42 Å². The Morgan fingerprint density at radius 1 is 0.228 bits per heavy atom. The van der Waals surface area contributed by atoms with Crippen molar-refractivity contribution >= 4 is 75.8 Å². The van der Waals surface area contributed by atoms with Crippen molar-refractivity contribution in [1.29, 1.82) is 0 Å². The predicted molar refractivity (Wildman–Crippen MR) is 243 cm³/mol. The number of rotatable bonds is 4. The Morgan fingerprint density at radius 3 is 1.51 bits per heavy atom. The Hall–Kier alpha value is -7.48. The van der Waals surface area contributed by atoms with E-state index in [1.807, 2.05) is 12.1 Å². The average Bonchev–Trinajstić information content (AvgIpc) is 3.66. The molecule has 0 spiro atoms. The van der Waals surface area contributed by atoms with E-state index in [9.17, 15) is 0 Å². The van der Waals surface area contributed by atoms with E-state index < -0.39 is 0 Å². The summed E-state index contributed by atoms with van der Waals surface area (Å²) in [4.78, 5) is 0. The summed E-state index contributed by atoms with van der Waals surface area (Å²) < 4.78 is 6.22. The summed E-state index contributed by atoms with van der Waals surface area (Å²) in [6.07, 6.45) is 0. The lowest BCUT2D eigenvalue weighted by atomic mass is 9.83. The molecule has 1 nitrogen and oxygen atoms in total. The van der Waals surface area contributed by atoms with Gasteiger partial charge in [-0.3, -0.25) is 0 Å². The Kier molecular flexibility index (Phi) is 7.00. The number of hydrogen-bond acceptors (Lipinski definition) is 1. The molecule has 0 atom stereocenters. The van der Waals surface area contributed by atoms with Gasteiger partial charge in [0.2, 0.25) is 0 Å². The lowest BCUT2D eigenvalue weighted by Crippen LogP contribution is -1.93. The minimum absolute atomic E-state index is 0.909. The summed E-state index contributed by atoms with van der Waals surface area (Å²) in [6, 6.07) is 75.6. The normalized spacial score (nSPS) is 11.9. The standard InChI is InChI=1S/C56H34O/c1-4-19-42-36(14-1)31-40(35-28-29-54-51(32-35)45-22-11-12-27-53(45)57-54)34-52(42)56-48-25-9-7-23-46(48)55(47-24-8-10-26-49(47)56)39-17-13-16-37(30-39)50-33-38-15-2-3-18-41(38)43-20-5-6-21-44(43)50/h1-34H. The molecule has 0 saturated carbocycles. The van der Waals surface area contributed by atoms with Gasteiger partial charge in [0.15, 0.2) is 0 Å². The summed E-state index contributed by atoms with van der Waals surface area (Å²) >= 11 is 0. The lowest BCUT2D eigenvalue weighted by Gasteiger charge is -2.20. The first kappa shape index (κ1) is 31.8. The molecule has 0 bridgehead atoms. The Balaban J connectivity index is 1.11. The second-order valence-corrected chi connectivity index (χ2v) is 15.2. The summed E-state index contributed by atoms with van der Waals surface area (Å²) in [7, 11) is 0. The highest BCUT2D eigenvalue weighted by molar-refractivity contribution is 6.24. The van der Waals surface area contributed by atoms with Gasteiger partial charge in [0.25, 0.3) is 0 Å². The van der Waals surface area contributed by atoms with Crippen molar-refractivity contribution in [1.82, 2.24) is 0 Å². The molecule has 57 heavy (non-hydrogen) atoms. The Labute approximate surface area is 329 Å². The van der Waals surface area contributed by atoms with Gasteiger partial charge in [0.1, 0.15) is 11.2 Å². The van der Waals surface area contributed by atoms with E-state index >= 15 is 0 Å². The maximum atomic E-state index is 6.22. The summed E-state index contributed by atoms with van der Waals surface area (Å²) in [5.41, 5.74) is 11.6. The van der Waals surface area contributed by atoms with Gasteiger partial charge in [0, 0.05) is 10.8 Å². The van der Waals surface area contributed by atoms with Crippen molar-refractivity contribution in [3.05, 3.63) is 206 Å². The minimum Gasteiger partial charge on any atom is -0.456 e. The highest BCUT2D eigenvalue weighted by Crippen LogP contribution is 2.47. The fraction of sp³-hybridized carbons (Fsp3) is 0. The van der Waals surface area contributed by atoms with E-state index in [1.165, 1.54) is 98.4 Å². The third-order valence-electron chi connectivity index (χ3n) is 12.0. The van der Waals surface area contributed by atoms with Crippen molar-refractivity contribution in [2.45, 2.75) is 0 Å². The molecule has 264 valence electrons. The molecule has 12 aromatic rings. The number of fused-ring (bicyclic) bond motifs is 9. The molecule has 11 aromatic carbocycles. The van der Waals surface area contributed by atoms with E-state index in [0.717, 1.165) is 21.9 Å². The van der Waals surface area contributed by atoms with Crippen LogP contribution < -0.4 is 0 Å². The fourth-order valence-electron chi connectivity index (χ4n) is 9.45. The summed E-state index contributed by atoms with van der Waals surface area (Å²) in [5, 5.41) is 14.8. The molecule has 0 N–H and O–H groups in total. The first-order valence-corrected chi connectivity index (χ1v) is 19.7. The first-order chi connectivity index (χ1) is 28.3. The molecule has 1 aromatic heterocycles. The van der Waals surface area contributed by atoms with Crippen LogP contribution in [-0.4, -0.2) is 0 Å². The zero-order chi connectivity index (χ0) is 37.5. The van der Waals surface area contributed by atoms with Crippen LogP contribution in [-0.2, 0) is 0 Å². The zero-order valence-electron chi connectivity index (χ0n) is 31.0. The zero-order valence-corrected chi connectivity index (χ0v) is 31.0. The molecular formula is C56H34O. The molecule has 0 amide bonds. The Morgan fingerprint density at radius 2 is 0.772 bits per heavy atom. The molecule has 0 aliphatic carbocycles. The van der Waals surface area contributed by atoms with E-state index in [-0.39, 0.29) is 0 Å². The van der Waals surface area contributed by atoms with Crippen LogP contribution in [0, 0.1) is 0 Å². The van der Waals surface area contributed by atoms with Gasteiger partial charge in [-0.25, -0.2) is 0 Å². The number of furan rings is 1. The average molecular weight is 723 g/mol. The van der Waals surface area contributed by atoms with Gasteiger partial charge in [-0.1, -0.05) is 164 Å². The van der Waals surface area contributed by atoms with Crippen LogP contribution in [0.5, 0.6) is 0 Å². The smallest absolute Gasteiger partial charge is 0.135 e. The van der Waals surface area contributed by atoms with Crippen molar-refractivity contribution in [2.24, 2.45) is 0 Å². The quantitative estimate of drug-likeness (QED) is 0.130. The van der Waals surface area contributed by atoms with Crippen LogP contribution >= 0.6 is 0 Å². The largest absolute Gasteiger partial charge is 0.456 e. The molecule has 0 saturated heterocycles. The van der Waals surface area contributed by atoms with Crippen LogP contribution in [0.2, 0.25) is 0 Å². The maximum Gasteiger partial charge on any atom is 0.135 e. The van der Waals surface area contributed by atoms with Gasteiger partial charge in [-0.05, 0) is 141 Å². The number of benzene rings is 11. The van der Waals surface area contributed by atoms with E-state index in [1.54, 1.807) is 0 Å². The minimum atomic E-state index is 0.909. The van der Waals surface area contributed by atoms with Crippen LogP contribution in [0.1, 0.15) is 0 Å². The molecule has 0 aliphatic heterocycles. The second kappa shape index (κ2) is 12.5. The molecule has 12 rings (SSSR count). The van der Waals surface area contributed by atoms with Gasteiger partial charge >= 0.3 is 0 Å². The highest BCUT2D eigenvalue weighted by atomic mass is 16.3. The third-order valence-corrected chi connectivity index (χ3v) is 12.0. The molecule has 0 radical (unpaired) electrons. The topological polar surface area (TPSA) is 13.1 Å². The summed E-state index contributed by atoms with van der Waals surface area (Å²) in [5.74, 6) is 0. The second-order valence-electron chi connectivity index (χ2n) is 15.2. The lowest BCUT2D eigenvalue weighted by molar-refractivity contribution is 0.669. The van der Waals surface area contributed by atoms with Gasteiger partial charge in [-0.15, -0.1) is 0 Å². The molecule has 0 fully saturated rings. The highest BCUT2D eigenvalue weighted by Gasteiger charge is 2.20. The van der Waals surface area contributed by atoms with E-state index in [0.29, 0.717) is 0 Å². The fourth-order valence-corrected chi connectivity index (χ4v) is 9.45. The number of hydrogen-bond donors (Lipinski definition) is 0. The predicted octanol–water partition coefficient (Wildman–Crippen LogP) is 16.0. The molecule has 0 aliphatic rings. The van der Waals surface area contributed by atoms with Crippen LogP contribution in [0.3, 0.4) is 0 Å². The van der Waals surface area contributed by atoms with Gasteiger partial charge < -0.3 is 4.42 Å². The first-order valence-electron chi connectivity index (χ1n) is 19.7. The summed E-state index contributed by atoms with van der Waals surface area (Å²) in [6.45, 7) is 0. The van der Waals surface area contributed by atoms with Crippen molar-refractivity contribution in [3.8, 4) is 44.5 Å². The van der Waals surface area contributed by atoms with Crippen molar-refractivity contribution in [2.75, 3.05) is 0 Å². The van der Waals surface area contributed by atoms with Gasteiger partial charge in [0.05, 0.1) is 0 Å². The SMILES string of the molecule is c1cc(-c2c3ccccc3c(-c3cc(-c4ccc5oc6ccccc6c5c4)cc4ccccc34)c3ccccc23)cc(-c2cc3ccccc3c3ccccc23)c1. The van der Waals surface area contributed by atoms with Crippen LogP contribution in [0.15, 0.2) is 211 Å². The van der Waals surface area contributed by atoms with E-state index in [2.05, 4.69) is 194 Å². The maximum absolute atomic E-state index is 6.22. The molecule has 1 heterocycles. The number of para-hydroxylation sites is 1.